The van der Waals surface area contributed by atoms with E-state index >= 15 is 0 Å². The third-order valence-electron chi connectivity index (χ3n) is 11.3. The number of nitrogens with zero attached hydrogens (tertiary/aromatic N) is 2. The number of aliphatic hydroxyl groups excluding tert-OH is 2. The molecular formula is C46H55FN2O8. The number of fused-ring (bicyclic) bond motifs is 2. The number of ether oxygens (including phenoxy) is 4. The molecule has 0 bridgehead atoms. The van der Waals surface area contributed by atoms with Gasteiger partial charge in [0.1, 0.15) is 36.6 Å². The Bertz CT molecular complexity index is 1870. The minimum Gasteiger partial charge on any atom is -0.490 e. The van der Waals surface area contributed by atoms with Crippen LogP contribution in [0.2, 0.25) is 0 Å². The van der Waals surface area contributed by atoms with E-state index in [2.05, 4.69) is 19.2 Å². The molecule has 57 heavy (non-hydrogen) atoms. The van der Waals surface area contributed by atoms with Gasteiger partial charge in [0.2, 0.25) is 5.79 Å². The minimum atomic E-state index is -1.47. The third kappa shape index (κ3) is 9.43. The van der Waals surface area contributed by atoms with Gasteiger partial charge in [-0.05, 0) is 84.6 Å². The highest BCUT2D eigenvalue weighted by Crippen LogP contribution is 2.62. The molecule has 3 aliphatic rings. The zero-order chi connectivity index (χ0) is 40.2. The summed E-state index contributed by atoms with van der Waals surface area (Å²) in [6, 6.07) is 20.8. The van der Waals surface area contributed by atoms with Gasteiger partial charge in [0, 0.05) is 37.7 Å². The maximum Gasteiger partial charge on any atom is 0.410 e. The molecule has 6 atom stereocenters. The monoisotopic (exact) mass is 782 g/mol. The molecular weight excluding hydrogens is 728 g/mol. The first-order valence-corrected chi connectivity index (χ1v) is 19.9. The largest absolute Gasteiger partial charge is 0.490 e. The molecule has 0 aromatic heterocycles. The van der Waals surface area contributed by atoms with E-state index in [0.29, 0.717) is 42.2 Å². The molecule has 0 spiro atoms. The lowest BCUT2D eigenvalue weighted by Crippen LogP contribution is -2.70. The number of amides is 1. The van der Waals surface area contributed by atoms with E-state index in [4.69, 9.17) is 28.9 Å². The minimum absolute atomic E-state index is 0.0434. The summed E-state index contributed by atoms with van der Waals surface area (Å²) in [5, 5.41) is 24.6. The van der Waals surface area contributed by atoms with E-state index < -0.39 is 23.8 Å². The van der Waals surface area contributed by atoms with Crippen molar-refractivity contribution in [3.8, 4) is 11.5 Å². The summed E-state index contributed by atoms with van der Waals surface area (Å²) < 4.78 is 39.9. The summed E-state index contributed by atoms with van der Waals surface area (Å²) in [7, 11) is 1.34. The van der Waals surface area contributed by atoms with Crippen LogP contribution in [0.1, 0.15) is 67.6 Å². The molecule has 11 heteroatoms. The standard InChI is InChI=1S/C46H55FN2O8/c1-4-25-54-36-21-22-41-39(28-36)43-37(16-10-12-24-51)34(15-9-11-23-50)27-38-40(48-56-31-33-13-7-6-8-14-33)29-42(46(57-41,44(38)43)55-26-5-2)49(45(52)53-3)30-32-17-19-35(47)20-18-32/h4-8,13-14,17-22,27-28,34,37,42-44,50-51H,1-2,9-12,15-16,23-26,29-31H2,3H3. The average molecular weight is 783 g/mol. The van der Waals surface area contributed by atoms with Gasteiger partial charge >= 0.3 is 6.09 Å². The van der Waals surface area contributed by atoms with Crippen molar-refractivity contribution < 1.29 is 43.2 Å². The van der Waals surface area contributed by atoms with E-state index in [-0.39, 0.29) is 63.0 Å². The predicted molar refractivity (Wildman–Crippen MR) is 216 cm³/mol. The van der Waals surface area contributed by atoms with Gasteiger partial charge in [-0.1, -0.05) is 85.3 Å². The Labute approximate surface area is 335 Å². The number of hydrogen-bond acceptors (Lipinski definition) is 9. The lowest BCUT2D eigenvalue weighted by molar-refractivity contribution is -0.256. The van der Waals surface area contributed by atoms with Crippen LogP contribution in [0.15, 0.2) is 115 Å². The van der Waals surface area contributed by atoms with Gasteiger partial charge in [-0.2, -0.15) is 0 Å². The Morgan fingerprint density at radius 3 is 2.40 bits per heavy atom. The summed E-state index contributed by atoms with van der Waals surface area (Å²) in [4.78, 5) is 21.8. The summed E-state index contributed by atoms with van der Waals surface area (Å²) in [6.07, 6.45) is 9.78. The van der Waals surface area contributed by atoms with Crippen molar-refractivity contribution in [1.82, 2.24) is 4.90 Å². The predicted octanol–water partition coefficient (Wildman–Crippen LogP) is 8.49. The van der Waals surface area contributed by atoms with Crippen LogP contribution in [0.5, 0.6) is 11.5 Å². The number of unbranched alkanes of at least 4 members (excludes halogenated alkanes) is 2. The van der Waals surface area contributed by atoms with Crippen LogP contribution in [0.4, 0.5) is 9.18 Å². The zero-order valence-corrected chi connectivity index (χ0v) is 32.8. The normalized spacial score (nSPS) is 24.0. The van der Waals surface area contributed by atoms with Crippen LogP contribution in [-0.4, -0.2) is 72.3 Å². The Hall–Kier alpha value is -4.97. The van der Waals surface area contributed by atoms with E-state index in [1.807, 2.05) is 48.5 Å². The number of methoxy groups -OCH3 is 1. The first-order chi connectivity index (χ1) is 27.9. The summed E-state index contributed by atoms with van der Waals surface area (Å²) in [5.41, 5.74) is 4.15. The van der Waals surface area contributed by atoms with Gasteiger partial charge in [-0.25, -0.2) is 9.18 Å². The fourth-order valence-electron chi connectivity index (χ4n) is 8.86. The molecule has 2 aliphatic carbocycles. The molecule has 304 valence electrons. The molecule has 10 nitrogen and oxygen atoms in total. The quantitative estimate of drug-likeness (QED) is 0.0666. The maximum atomic E-state index is 14.1. The van der Waals surface area contributed by atoms with E-state index in [1.165, 1.54) is 19.2 Å². The van der Waals surface area contributed by atoms with Crippen molar-refractivity contribution >= 4 is 11.8 Å². The van der Waals surface area contributed by atoms with Crippen LogP contribution >= 0.6 is 0 Å². The van der Waals surface area contributed by atoms with Crippen molar-refractivity contribution in [1.29, 1.82) is 0 Å². The van der Waals surface area contributed by atoms with E-state index in [0.717, 1.165) is 42.4 Å². The maximum absolute atomic E-state index is 14.1. The molecule has 1 amide bonds. The van der Waals surface area contributed by atoms with Crippen LogP contribution in [0.3, 0.4) is 0 Å². The first-order valence-electron chi connectivity index (χ1n) is 19.9. The van der Waals surface area contributed by atoms with Crippen molar-refractivity contribution in [2.45, 2.75) is 75.8 Å². The molecule has 0 saturated heterocycles. The third-order valence-corrected chi connectivity index (χ3v) is 11.3. The number of hydrogen-bond donors (Lipinski definition) is 2. The summed E-state index contributed by atoms with van der Waals surface area (Å²) >= 11 is 0. The second-order valence-electron chi connectivity index (χ2n) is 14.9. The van der Waals surface area contributed by atoms with Gasteiger partial charge in [-0.3, -0.25) is 4.90 Å². The Balaban J connectivity index is 1.59. The van der Waals surface area contributed by atoms with Gasteiger partial charge in [0.05, 0.1) is 25.3 Å². The average Bonchev–Trinajstić information content (AvgIpc) is 3.23. The fraction of sp³-hybridized carbons (Fsp3) is 0.435. The highest BCUT2D eigenvalue weighted by Gasteiger charge is 2.65. The van der Waals surface area contributed by atoms with Gasteiger partial charge in [0.25, 0.3) is 0 Å². The lowest BCUT2D eigenvalue weighted by atomic mass is 9.55. The number of rotatable bonds is 20. The van der Waals surface area contributed by atoms with Crippen molar-refractivity contribution in [3.05, 3.63) is 132 Å². The van der Waals surface area contributed by atoms with Crippen LogP contribution in [0.25, 0.3) is 0 Å². The van der Waals surface area contributed by atoms with Crippen LogP contribution in [-0.2, 0) is 27.5 Å². The number of aliphatic hydroxyl groups is 2. The summed E-state index contributed by atoms with van der Waals surface area (Å²) in [6.45, 7) is 8.74. The second-order valence-corrected chi connectivity index (χ2v) is 14.9. The highest BCUT2D eigenvalue weighted by molar-refractivity contribution is 6.03. The number of carbonyl (C=O) groups excluding carboxylic acids is 1. The van der Waals surface area contributed by atoms with E-state index in [9.17, 15) is 19.4 Å². The molecule has 2 N–H and O–H groups in total. The molecule has 1 aliphatic heterocycles. The smallest absolute Gasteiger partial charge is 0.410 e. The molecule has 6 rings (SSSR count). The Kier molecular flexibility index (Phi) is 14.6. The summed E-state index contributed by atoms with van der Waals surface area (Å²) in [5.74, 6) is -1.21. The molecule has 1 fully saturated rings. The number of oxime groups is 1. The molecule has 3 aromatic carbocycles. The fourth-order valence-corrected chi connectivity index (χ4v) is 8.86. The molecule has 6 unspecified atom stereocenters. The number of carbonyl (C=O) groups is 1. The molecule has 0 radical (unpaired) electrons. The number of benzene rings is 3. The Morgan fingerprint density at radius 1 is 0.965 bits per heavy atom. The first kappa shape index (κ1) is 41.7. The molecule has 1 saturated carbocycles. The topological polar surface area (TPSA) is 119 Å². The van der Waals surface area contributed by atoms with Crippen LogP contribution < -0.4 is 9.47 Å². The Morgan fingerprint density at radius 2 is 1.70 bits per heavy atom. The highest BCUT2D eigenvalue weighted by atomic mass is 19.1. The number of halogens is 1. The van der Waals surface area contributed by atoms with Crippen molar-refractivity contribution in [3.63, 3.8) is 0 Å². The van der Waals surface area contributed by atoms with Crippen molar-refractivity contribution in [2.75, 3.05) is 33.5 Å². The molecule has 3 aromatic rings. The van der Waals surface area contributed by atoms with Crippen molar-refractivity contribution in [2.24, 2.45) is 22.9 Å². The van der Waals surface area contributed by atoms with Gasteiger partial charge < -0.3 is 34.0 Å². The van der Waals surface area contributed by atoms with E-state index in [1.54, 1.807) is 29.2 Å². The van der Waals surface area contributed by atoms with Gasteiger partial charge in [-0.15, -0.1) is 6.58 Å². The number of allylic oxidation sites excluding steroid dienone is 1. The zero-order valence-electron chi connectivity index (χ0n) is 32.8. The molecule has 1 heterocycles. The second kappa shape index (κ2) is 19.9. The van der Waals surface area contributed by atoms with Gasteiger partial charge in [0.15, 0.2) is 0 Å². The SMILES string of the molecule is C=CCOc1ccc2c(c1)C1C(CCCCO)C(CCCCO)C=C3C(=NOCc4ccccc4)CC(N(Cc4ccc(F)cc4)C(=O)OC)C(OCC=C)(O2)C31. The lowest BCUT2D eigenvalue weighted by Gasteiger charge is -2.59. The van der Waals surface area contributed by atoms with Crippen LogP contribution in [0, 0.1) is 23.6 Å².